The lowest BCUT2D eigenvalue weighted by Gasteiger charge is -2.36. The molecule has 1 fully saturated rings. The van der Waals surface area contributed by atoms with Gasteiger partial charge in [0.25, 0.3) is 15.9 Å². The van der Waals surface area contributed by atoms with E-state index in [0.29, 0.717) is 24.3 Å². The molecule has 0 bridgehead atoms. The number of anilines is 2. The van der Waals surface area contributed by atoms with Crippen molar-refractivity contribution in [2.24, 2.45) is 0 Å². The highest BCUT2D eigenvalue weighted by atomic mass is 35.5. The van der Waals surface area contributed by atoms with E-state index in [1.807, 2.05) is 23.1 Å². The quantitative estimate of drug-likeness (QED) is 0.560. The average molecular weight is 490 g/mol. The van der Waals surface area contributed by atoms with Gasteiger partial charge >= 0.3 is 0 Å². The first-order valence-electron chi connectivity index (χ1n) is 10.0. The first-order chi connectivity index (χ1) is 15.3. The number of sulfonamides is 1. The van der Waals surface area contributed by atoms with Gasteiger partial charge in [-0.25, -0.2) is 8.42 Å². The molecule has 0 unspecified atom stereocenters. The Morgan fingerprint density at radius 3 is 2.16 bits per heavy atom. The van der Waals surface area contributed by atoms with Crippen LogP contribution in [-0.2, 0) is 10.0 Å². The Morgan fingerprint density at radius 2 is 1.50 bits per heavy atom. The first-order valence-corrected chi connectivity index (χ1v) is 12.2. The van der Waals surface area contributed by atoms with Crippen LogP contribution in [0.4, 0.5) is 11.4 Å². The Morgan fingerprint density at radius 1 is 0.844 bits per heavy atom. The lowest BCUT2D eigenvalue weighted by Crippen LogP contribution is -2.48. The third kappa shape index (κ3) is 5.01. The Kier molecular flexibility index (Phi) is 6.60. The second kappa shape index (κ2) is 9.40. The van der Waals surface area contributed by atoms with Crippen LogP contribution < -0.4 is 9.62 Å². The van der Waals surface area contributed by atoms with Crippen LogP contribution in [-0.4, -0.2) is 45.4 Å². The van der Waals surface area contributed by atoms with Crippen LogP contribution in [0.25, 0.3) is 0 Å². The maximum Gasteiger partial charge on any atom is 0.263 e. The minimum Gasteiger partial charge on any atom is -0.368 e. The maximum atomic E-state index is 12.9. The van der Waals surface area contributed by atoms with Gasteiger partial charge in [0.1, 0.15) is 4.90 Å². The van der Waals surface area contributed by atoms with E-state index in [2.05, 4.69) is 21.8 Å². The van der Waals surface area contributed by atoms with Crippen molar-refractivity contribution in [1.29, 1.82) is 0 Å². The molecule has 1 aliphatic rings. The molecule has 0 aromatic heterocycles. The zero-order valence-electron chi connectivity index (χ0n) is 17.0. The number of benzene rings is 3. The van der Waals surface area contributed by atoms with Gasteiger partial charge in [0.05, 0.1) is 5.02 Å². The molecule has 1 amide bonds. The fourth-order valence-corrected chi connectivity index (χ4v) is 5.39. The monoisotopic (exact) mass is 489 g/mol. The molecule has 1 saturated heterocycles. The molecule has 6 nitrogen and oxygen atoms in total. The van der Waals surface area contributed by atoms with E-state index >= 15 is 0 Å². The summed E-state index contributed by atoms with van der Waals surface area (Å²) in [5.74, 6) is -0.0787. The number of nitrogens with one attached hydrogen (secondary N) is 1. The van der Waals surface area contributed by atoms with Crippen LogP contribution in [0.5, 0.6) is 0 Å². The molecule has 3 aromatic rings. The van der Waals surface area contributed by atoms with Gasteiger partial charge in [-0.15, -0.1) is 0 Å². The molecule has 0 saturated carbocycles. The number of carbonyl (C=O) groups excluding carboxylic acids is 1. The molecule has 3 aromatic carbocycles. The van der Waals surface area contributed by atoms with Gasteiger partial charge in [0, 0.05) is 48.1 Å². The average Bonchev–Trinajstić information content (AvgIpc) is 2.81. The number of hydrogen-bond acceptors (Lipinski definition) is 4. The number of carbonyl (C=O) groups is 1. The summed E-state index contributed by atoms with van der Waals surface area (Å²) in [6.07, 6.45) is 0. The normalized spacial score (nSPS) is 14.3. The summed E-state index contributed by atoms with van der Waals surface area (Å²) in [6, 6.07) is 20.7. The predicted molar refractivity (Wildman–Crippen MR) is 128 cm³/mol. The summed E-state index contributed by atoms with van der Waals surface area (Å²) in [4.78, 5) is 16.8. The molecule has 0 radical (unpaired) electrons. The van der Waals surface area contributed by atoms with E-state index in [-0.39, 0.29) is 20.8 Å². The van der Waals surface area contributed by atoms with Gasteiger partial charge in [-0.3, -0.25) is 9.52 Å². The van der Waals surface area contributed by atoms with Crippen molar-refractivity contribution in [1.82, 2.24) is 4.90 Å². The number of amides is 1. The fourth-order valence-electron chi connectivity index (χ4n) is 3.56. The summed E-state index contributed by atoms with van der Waals surface area (Å²) in [7, 11) is -3.92. The molecule has 1 heterocycles. The first kappa shape index (κ1) is 22.5. The maximum absolute atomic E-state index is 12.9. The number of para-hydroxylation sites is 1. The van der Waals surface area contributed by atoms with Gasteiger partial charge < -0.3 is 9.80 Å². The summed E-state index contributed by atoms with van der Waals surface area (Å²) < 4.78 is 27.8. The third-order valence-corrected chi connectivity index (χ3v) is 7.35. The summed E-state index contributed by atoms with van der Waals surface area (Å²) >= 11 is 11.9. The predicted octanol–water partition coefficient (Wildman–Crippen LogP) is 4.76. The van der Waals surface area contributed by atoms with Crippen LogP contribution in [0, 0.1) is 0 Å². The molecule has 32 heavy (non-hydrogen) atoms. The number of piperazine rings is 1. The highest BCUT2D eigenvalue weighted by Gasteiger charge is 2.23. The Bertz CT molecular complexity index is 1210. The van der Waals surface area contributed by atoms with Crippen LogP contribution >= 0.6 is 23.2 Å². The molecule has 0 atom stereocenters. The number of rotatable bonds is 5. The van der Waals surface area contributed by atoms with Crippen molar-refractivity contribution in [2.75, 3.05) is 35.8 Å². The van der Waals surface area contributed by atoms with E-state index in [9.17, 15) is 13.2 Å². The molecular weight excluding hydrogens is 469 g/mol. The van der Waals surface area contributed by atoms with Gasteiger partial charge in [-0.1, -0.05) is 41.4 Å². The van der Waals surface area contributed by atoms with Gasteiger partial charge in [0.15, 0.2) is 0 Å². The second-order valence-corrected chi connectivity index (χ2v) is 9.87. The van der Waals surface area contributed by atoms with E-state index in [1.54, 1.807) is 24.3 Å². The fraction of sp³-hybridized carbons (Fsp3) is 0.174. The van der Waals surface area contributed by atoms with Crippen molar-refractivity contribution in [3.8, 4) is 0 Å². The van der Waals surface area contributed by atoms with Gasteiger partial charge in [0.2, 0.25) is 0 Å². The lowest BCUT2D eigenvalue weighted by atomic mass is 10.1. The molecule has 0 aliphatic carbocycles. The summed E-state index contributed by atoms with van der Waals surface area (Å²) in [5.41, 5.74) is 1.98. The molecule has 1 N–H and O–H groups in total. The topological polar surface area (TPSA) is 69.7 Å². The van der Waals surface area contributed by atoms with Crippen LogP contribution in [0.2, 0.25) is 10.0 Å². The molecule has 1 aliphatic heterocycles. The number of hydrogen-bond donors (Lipinski definition) is 1. The summed E-state index contributed by atoms with van der Waals surface area (Å²) in [5, 5.41) is 0.339. The number of nitrogens with zero attached hydrogens (tertiary/aromatic N) is 2. The highest BCUT2D eigenvalue weighted by molar-refractivity contribution is 7.92. The SMILES string of the molecule is O=C(c1ccc(NS(=O)(=O)c2cc(Cl)ccc2Cl)cc1)N1CCN(c2ccccc2)CC1. The third-order valence-electron chi connectivity index (χ3n) is 5.26. The van der Waals surface area contributed by atoms with Crippen molar-refractivity contribution in [2.45, 2.75) is 4.90 Å². The Hall–Kier alpha value is -2.74. The molecule has 166 valence electrons. The summed E-state index contributed by atoms with van der Waals surface area (Å²) in [6.45, 7) is 2.76. The smallest absolute Gasteiger partial charge is 0.263 e. The molecule has 0 spiro atoms. The van der Waals surface area contributed by atoms with Crippen LogP contribution in [0.1, 0.15) is 10.4 Å². The van der Waals surface area contributed by atoms with Crippen molar-refractivity contribution < 1.29 is 13.2 Å². The van der Waals surface area contributed by atoms with E-state index in [4.69, 9.17) is 23.2 Å². The van der Waals surface area contributed by atoms with Crippen molar-refractivity contribution in [3.63, 3.8) is 0 Å². The zero-order valence-corrected chi connectivity index (χ0v) is 19.4. The number of halogens is 2. The molecule has 4 rings (SSSR count). The van der Waals surface area contributed by atoms with Crippen LogP contribution in [0.3, 0.4) is 0 Å². The largest absolute Gasteiger partial charge is 0.368 e. The van der Waals surface area contributed by atoms with Gasteiger partial charge in [-0.2, -0.15) is 0 Å². The van der Waals surface area contributed by atoms with Crippen molar-refractivity contribution in [3.05, 3.63) is 88.4 Å². The minimum atomic E-state index is -3.92. The van der Waals surface area contributed by atoms with Crippen molar-refractivity contribution >= 4 is 50.5 Å². The minimum absolute atomic E-state index is 0.0725. The zero-order chi connectivity index (χ0) is 22.7. The standard InChI is InChI=1S/C23H21Cl2N3O3S/c24-18-8-11-21(25)22(16-18)32(30,31)26-19-9-6-17(7-10-19)23(29)28-14-12-27(13-15-28)20-4-2-1-3-5-20/h1-11,16,26H,12-15H2. The molecular formula is C23H21Cl2N3O3S. The van der Waals surface area contributed by atoms with Gasteiger partial charge in [-0.05, 0) is 54.6 Å². The Labute approximate surface area is 197 Å². The Balaban J connectivity index is 1.40. The van der Waals surface area contributed by atoms with E-state index in [1.165, 1.54) is 18.2 Å². The van der Waals surface area contributed by atoms with E-state index < -0.39 is 10.0 Å². The van der Waals surface area contributed by atoms with Crippen LogP contribution in [0.15, 0.2) is 77.7 Å². The lowest BCUT2D eigenvalue weighted by molar-refractivity contribution is 0.0747. The second-order valence-electron chi connectivity index (χ2n) is 7.37. The van der Waals surface area contributed by atoms with E-state index in [0.717, 1.165) is 18.8 Å². The molecule has 9 heteroatoms. The highest BCUT2D eigenvalue weighted by Crippen LogP contribution is 2.27.